The summed E-state index contributed by atoms with van der Waals surface area (Å²) in [4.78, 5) is 27.7. The van der Waals surface area contributed by atoms with Crippen LogP contribution >= 0.6 is 0 Å². The second kappa shape index (κ2) is 6.26. The molecule has 92 valence electrons. The highest BCUT2D eigenvalue weighted by molar-refractivity contribution is 5.72. The van der Waals surface area contributed by atoms with Crippen LogP contribution in [0.25, 0.3) is 0 Å². The normalized spacial score (nSPS) is 8.88. The maximum atomic E-state index is 12.7. The summed E-state index contributed by atoms with van der Waals surface area (Å²) in [5, 5.41) is 20.4. The molecule has 1 aromatic carbocycles. The summed E-state index contributed by atoms with van der Waals surface area (Å²) in [7, 11) is 0. The quantitative estimate of drug-likeness (QED) is 0.586. The van der Waals surface area contributed by atoms with E-state index in [1.165, 1.54) is 13.8 Å². The molecular formula is C9H9FN2O5. The minimum atomic E-state index is -1.21. The number of nitrogens with zero attached hydrogens (tertiary/aromatic N) is 2. The molecule has 0 aliphatic rings. The first-order chi connectivity index (χ1) is 7.77. The lowest BCUT2D eigenvalue weighted by Gasteiger charge is -1.94. The molecule has 1 aromatic rings. The summed E-state index contributed by atoms with van der Waals surface area (Å²) in [5.74, 6) is -1.04. The van der Waals surface area contributed by atoms with E-state index >= 15 is 0 Å². The van der Waals surface area contributed by atoms with Crippen molar-refractivity contribution in [2.75, 3.05) is 0 Å². The van der Waals surface area contributed by atoms with Gasteiger partial charge in [-0.15, -0.1) is 0 Å². The van der Waals surface area contributed by atoms with Gasteiger partial charge in [-0.3, -0.25) is 20.2 Å². The third-order valence-corrected chi connectivity index (χ3v) is 1.34. The second-order valence-corrected chi connectivity index (χ2v) is 3.03. The zero-order chi connectivity index (χ0) is 13.6. The molecule has 0 saturated heterocycles. The van der Waals surface area contributed by atoms with Gasteiger partial charge in [-0.2, -0.15) is 4.39 Å². The molecule has 0 amide bonds. The van der Waals surface area contributed by atoms with Crippen molar-refractivity contribution in [2.24, 2.45) is 0 Å². The number of benzene rings is 1. The van der Waals surface area contributed by atoms with Gasteiger partial charge in [-0.05, 0) is 19.9 Å². The average molecular weight is 244 g/mol. The number of nitro groups is 2. The molecule has 0 aliphatic carbocycles. The van der Waals surface area contributed by atoms with Gasteiger partial charge in [0, 0.05) is 6.07 Å². The third-order valence-electron chi connectivity index (χ3n) is 1.34. The number of rotatable bonds is 2. The topological polar surface area (TPSA) is 103 Å². The maximum absolute atomic E-state index is 12.7. The van der Waals surface area contributed by atoms with Gasteiger partial charge < -0.3 is 4.79 Å². The van der Waals surface area contributed by atoms with E-state index in [2.05, 4.69) is 0 Å². The molecule has 1 rings (SSSR count). The van der Waals surface area contributed by atoms with Gasteiger partial charge in [0.15, 0.2) is 0 Å². The first-order valence-corrected chi connectivity index (χ1v) is 4.31. The molecule has 0 aromatic heterocycles. The Kier molecular flexibility index (Phi) is 5.38. The molecule has 0 unspecified atom stereocenters. The van der Waals surface area contributed by atoms with Crippen molar-refractivity contribution in [1.82, 2.24) is 0 Å². The zero-order valence-corrected chi connectivity index (χ0v) is 9.05. The van der Waals surface area contributed by atoms with Crippen molar-refractivity contribution < 1.29 is 19.0 Å². The standard InChI is InChI=1S/C6H3FN2O4.C3H6O/c7-4-2-1-3-5(8(10)11)6(4)9(12)13;1-3(2)4/h1-3H;1-2H3. The van der Waals surface area contributed by atoms with Crippen molar-refractivity contribution in [3.8, 4) is 0 Å². The molecular weight excluding hydrogens is 235 g/mol. The van der Waals surface area contributed by atoms with Gasteiger partial charge in [0.05, 0.1) is 9.85 Å². The van der Waals surface area contributed by atoms with Crippen LogP contribution in [0, 0.1) is 26.0 Å². The van der Waals surface area contributed by atoms with Gasteiger partial charge in [0.1, 0.15) is 5.78 Å². The van der Waals surface area contributed by atoms with E-state index in [1.54, 1.807) is 0 Å². The van der Waals surface area contributed by atoms with Crippen molar-refractivity contribution in [3.05, 3.63) is 44.2 Å². The number of ketones is 1. The Balaban J connectivity index is 0.000000557. The van der Waals surface area contributed by atoms with Gasteiger partial charge in [0.25, 0.3) is 0 Å². The second-order valence-electron chi connectivity index (χ2n) is 3.03. The Bertz CT molecular complexity index is 457. The molecule has 0 saturated carbocycles. The van der Waals surface area contributed by atoms with Crippen molar-refractivity contribution >= 4 is 17.2 Å². The van der Waals surface area contributed by atoms with Gasteiger partial charge in [-0.1, -0.05) is 6.07 Å². The van der Waals surface area contributed by atoms with Gasteiger partial charge in [0.2, 0.25) is 5.82 Å². The monoisotopic (exact) mass is 244 g/mol. The molecule has 7 nitrogen and oxygen atoms in total. The Morgan fingerprint density at radius 1 is 1.18 bits per heavy atom. The molecule has 0 atom stereocenters. The zero-order valence-electron chi connectivity index (χ0n) is 9.05. The summed E-state index contributed by atoms with van der Waals surface area (Å²) in [6, 6.07) is 2.72. The third kappa shape index (κ3) is 4.78. The fourth-order valence-electron chi connectivity index (χ4n) is 0.832. The van der Waals surface area contributed by atoms with E-state index in [0.29, 0.717) is 0 Å². The van der Waals surface area contributed by atoms with E-state index in [9.17, 15) is 29.4 Å². The summed E-state index contributed by atoms with van der Waals surface area (Å²) in [5.41, 5.74) is -1.95. The maximum Gasteiger partial charge on any atom is 0.381 e. The van der Waals surface area contributed by atoms with Crippen LogP contribution in [0.5, 0.6) is 0 Å². The first kappa shape index (κ1) is 14.6. The van der Waals surface area contributed by atoms with Crippen molar-refractivity contribution in [2.45, 2.75) is 13.8 Å². The number of carbonyl (C=O) groups excluding carboxylic acids is 1. The number of hydrogen-bond donors (Lipinski definition) is 0. The fraction of sp³-hybridized carbons (Fsp3) is 0.222. The summed E-state index contributed by atoms with van der Waals surface area (Å²) in [6.07, 6.45) is 0. The van der Waals surface area contributed by atoms with Crippen LogP contribution in [0.15, 0.2) is 18.2 Å². The number of nitro benzene ring substituents is 2. The minimum Gasteiger partial charge on any atom is -0.300 e. The van der Waals surface area contributed by atoms with Crippen molar-refractivity contribution in [1.29, 1.82) is 0 Å². The van der Waals surface area contributed by atoms with Crippen LogP contribution in [-0.2, 0) is 4.79 Å². The smallest absolute Gasteiger partial charge is 0.300 e. The highest BCUT2D eigenvalue weighted by Crippen LogP contribution is 2.28. The fourth-order valence-corrected chi connectivity index (χ4v) is 0.832. The number of hydrogen-bond acceptors (Lipinski definition) is 5. The van der Waals surface area contributed by atoms with Crippen LogP contribution in [0.1, 0.15) is 13.8 Å². The van der Waals surface area contributed by atoms with E-state index < -0.39 is 27.0 Å². The number of para-hydroxylation sites is 1. The van der Waals surface area contributed by atoms with E-state index in [1.807, 2.05) is 0 Å². The lowest BCUT2D eigenvalue weighted by atomic mass is 10.2. The number of halogens is 1. The number of carbonyl (C=O) groups is 1. The molecule has 0 bridgehead atoms. The molecule has 17 heavy (non-hydrogen) atoms. The predicted octanol–water partition coefficient (Wildman–Crippen LogP) is 2.24. The predicted molar refractivity (Wildman–Crippen MR) is 56.1 cm³/mol. The highest BCUT2D eigenvalue weighted by Gasteiger charge is 2.28. The lowest BCUT2D eigenvalue weighted by molar-refractivity contribution is -0.424. The molecule has 0 radical (unpaired) electrons. The van der Waals surface area contributed by atoms with E-state index in [-0.39, 0.29) is 5.78 Å². The van der Waals surface area contributed by atoms with Gasteiger partial charge in [-0.25, -0.2) is 0 Å². The van der Waals surface area contributed by atoms with Crippen molar-refractivity contribution in [3.63, 3.8) is 0 Å². The van der Waals surface area contributed by atoms with E-state index in [0.717, 1.165) is 18.2 Å². The first-order valence-electron chi connectivity index (χ1n) is 4.31. The van der Waals surface area contributed by atoms with Crippen LogP contribution in [-0.4, -0.2) is 15.6 Å². The summed E-state index contributed by atoms with van der Waals surface area (Å²) >= 11 is 0. The Labute approximate surface area is 95.2 Å². The molecule has 0 fully saturated rings. The summed E-state index contributed by atoms with van der Waals surface area (Å²) < 4.78 is 12.7. The van der Waals surface area contributed by atoms with E-state index in [4.69, 9.17) is 0 Å². The molecule has 8 heteroatoms. The van der Waals surface area contributed by atoms with Crippen LogP contribution in [0.3, 0.4) is 0 Å². The molecule has 0 spiro atoms. The average Bonchev–Trinajstić information content (AvgIpc) is 2.15. The van der Waals surface area contributed by atoms with Gasteiger partial charge >= 0.3 is 11.4 Å². The largest absolute Gasteiger partial charge is 0.381 e. The highest BCUT2D eigenvalue weighted by atomic mass is 19.1. The lowest BCUT2D eigenvalue weighted by Crippen LogP contribution is -1.98. The number of Topliss-reactive ketones (excluding diaryl/α,β-unsaturated/α-hetero) is 1. The molecule has 0 aliphatic heterocycles. The molecule has 0 N–H and O–H groups in total. The van der Waals surface area contributed by atoms with Crippen LogP contribution in [0.2, 0.25) is 0 Å². The SMILES string of the molecule is CC(C)=O.O=[N+]([O-])c1cccc(F)c1[N+](=O)[O-]. The molecule has 0 heterocycles. The Morgan fingerprint density at radius 3 is 1.94 bits per heavy atom. The van der Waals surface area contributed by atoms with Crippen LogP contribution < -0.4 is 0 Å². The Morgan fingerprint density at radius 2 is 1.65 bits per heavy atom. The summed E-state index contributed by atoms with van der Waals surface area (Å²) in [6.45, 7) is 3.06. The van der Waals surface area contributed by atoms with Crippen LogP contribution in [0.4, 0.5) is 15.8 Å². The minimum absolute atomic E-state index is 0.167. The Hall–Kier alpha value is -2.38.